The minimum absolute atomic E-state index is 0.388. The molecule has 0 bridgehead atoms. The van der Waals surface area contributed by atoms with Crippen molar-refractivity contribution in [3.05, 3.63) is 29.3 Å². The molecule has 2 rings (SSSR count). The Morgan fingerprint density at radius 2 is 1.90 bits per heavy atom. The second-order valence-corrected chi connectivity index (χ2v) is 5.39. The second-order valence-electron chi connectivity index (χ2n) is 4.98. The van der Waals surface area contributed by atoms with E-state index in [1.165, 1.54) is 11.1 Å². The maximum absolute atomic E-state index is 5.82. The van der Waals surface area contributed by atoms with Gasteiger partial charge in [0, 0.05) is 5.69 Å². The SMILES string of the molecule is CCc1cccc(CC)c1NC(=S)NC(N)=NC1CC1. The highest BCUT2D eigenvalue weighted by Gasteiger charge is 2.20. The van der Waals surface area contributed by atoms with Crippen molar-refractivity contribution in [1.82, 2.24) is 5.32 Å². The van der Waals surface area contributed by atoms with Crippen molar-refractivity contribution in [2.24, 2.45) is 10.7 Å². The molecular weight excluding hydrogens is 268 g/mol. The van der Waals surface area contributed by atoms with Gasteiger partial charge in [0.1, 0.15) is 0 Å². The fourth-order valence-corrected chi connectivity index (χ4v) is 2.30. The molecule has 5 heteroatoms. The quantitative estimate of drug-likeness (QED) is 0.453. The van der Waals surface area contributed by atoms with E-state index in [2.05, 4.69) is 47.7 Å². The van der Waals surface area contributed by atoms with Crippen LogP contribution in [-0.4, -0.2) is 17.1 Å². The Kier molecular flexibility index (Phi) is 4.95. The molecule has 0 atom stereocenters. The van der Waals surface area contributed by atoms with Gasteiger partial charge in [-0.05, 0) is 49.0 Å². The zero-order valence-electron chi connectivity index (χ0n) is 12.1. The highest BCUT2D eigenvalue weighted by Crippen LogP contribution is 2.23. The summed E-state index contributed by atoms with van der Waals surface area (Å²) in [5, 5.41) is 6.72. The van der Waals surface area contributed by atoms with Gasteiger partial charge in [0.15, 0.2) is 11.1 Å². The van der Waals surface area contributed by atoms with E-state index in [4.69, 9.17) is 18.0 Å². The van der Waals surface area contributed by atoms with Crippen LogP contribution in [0, 0.1) is 0 Å². The number of hydrogen-bond donors (Lipinski definition) is 3. The summed E-state index contributed by atoms with van der Waals surface area (Å²) in [5.41, 5.74) is 9.43. The Hall–Kier alpha value is -1.62. The van der Waals surface area contributed by atoms with Crippen LogP contribution in [0.4, 0.5) is 5.69 Å². The Labute approximate surface area is 125 Å². The average Bonchev–Trinajstić information content (AvgIpc) is 3.22. The molecule has 4 N–H and O–H groups in total. The van der Waals surface area contributed by atoms with E-state index in [0.717, 1.165) is 31.4 Å². The molecule has 0 amide bonds. The zero-order chi connectivity index (χ0) is 14.5. The lowest BCUT2D eigenvalue weighted by Gasteiger charge is -2.16. The van der Waals surface area contributed by atoms with Crippen LogP contribution in [0.15, 0.2) is 23.2 Å². The fourth-order valence-electron chi connectivity index (χ4n) is 2.10. The maximum atomic E-state index is 5.82. The number of hydrogen-bond acceptors (Lipinski definition) is 2. The molecule has 1 aromatic rings. The summed E-state index contributed by atoms with van der Waals surface area (Å²) in [6.45, 7) is 4.28. The van der Waals surface area contributed by atoms with Gasteiger partial charge in [0.05, 0.1) is 6.04 Å². The molecule has 20 heavy (non-hydrogen) atoms. The van der Waals surface area contributed by atoms with Crippen molar-refractivity contribution in [2.45, 2.75) is 45.6 Å². The van der Waals surface area contributed by atoms with Crippen molar-refractivity contribution < 1.29 is 0 Å². The van der Waals surface area contributed by atoms with E-state index >= 15 is 0 Å². The number of thiocarbonyl (C=S) groups is 1. The highest BCUT2D eigenvalue weighted by atomic mass is 32.1. The van der Waals surface area contributed by atoms with Gasteiger partial charge < -0.3 is 16.4 Å². The third-order valence-corrected chi connectivity index (χ3v) is 3.55. The minimum Gasteiger partial charge on any atom is -0.370 e. The van der Waals surface area contributed by atoms with Gasteiger partial charge in [-0.3, -0.25) is 0 Å². The number of rotatable bonds is 4. The summed E-state index contributed by atoms with van der Waals surface area (Å²) in [5.74, 6) is 0.400. The van der Waals surface area contributed by atoms with Crippen LogP contribution < -0.4 is 16.4 Å². The van der Waals surface area contributed by atoms with Crippen molar-refractivity contribution in [3.8, 4) is 0 Å². The lowest BCUT2D eigenvalue weighted by atomic mass is 10.0. The maximum Gasteiger partial charge on any atom is 0.195 e. The van der Waals surface area contributed by atoms with Gasteiger partial charge in [0.25, 0.3) is 0 Å². The summed E-state index contributed by atoms with van der Waals surface area (Å²) in [6.07, 6.45) is 4.18. The van der Waals surface area contributed by atoms with Crippen LogP contribution in [0.1, 0.15) is 37.8 Å². The standard InChI is InChI=1S/C15H22N4S/c1-3-10-6-5-7-11(4-2)13(10)18-15(20)19-14(16)17-12-8-9-12/h5-7,12H,3-4,8-9H2,1-2H3,(H4,16,17,18,19,20). The number of anilines is 1. The topological polar surface area (TPSA) is 62.4 Å². The summed E-state index contributed by atoms with van der Waals surface area (Å²) < 4.78 is 0. The molecule has 0 aromatic heterocycles. The predicted octanol–water partition coefficient (Wildman–Crippen LogP) is 2.57. The molecule has 1 aromatic carbocycles. The van der Waals surface area contributed by atoms with E-state index < -0.39 is 0 Å². The monoisotopic (exact) mass is 290 g/mol. The third-order valence-electron chi connectivity index (χ3n) is 3.35. The highest BCUT2D eigenvalue weighted by molar-refractivity contribution is 7.80. The average molecular weight is 290 g/mol. The number of nitrogens with two attached hydrogens (primary N) is 1. The predicted molar refractivity (Wildman–Crippen MR) is 89.2 cm³/mol. The molecule has 0 aliphatic heterocycles. The number of aryl methyl sites for hydroxylation is 2. The normalized spacial score (nSPS) is 15.0. The lowest BCUT2D eigenvalue weighted by Crippen LogP contribution is -2.40. The molecule has 0 spiro atoms. The van der Waals surface area contributed by atoms with Crippen LogP contribution in [-0.2, 0) is 12.8 Å². The lowest BCUT2D eigenvalue weighted by molar-refractivity contribution is 1.04. The van der Waals surface area contributed by atoms with Gasteiger partial charge >= 0.3 is 0 Å². The first-order valence-corrected chi connectivity index (χ1v) is 7.56. The Morgan fingerprint density at radius 1 is 1.30 bits per heavy atom. The van der Waals surface area contributed by atoms with Crippen molar-refractivity contribution in [1.29, 1.82) is 0 Å². The van der Waals surface area contributed by atoms with E-state index in [9.17, 15) is 0 Å². The van der Waals surface area contributed by atoms with Crippen LogP contribution in [0.2, 0.25) is 0 Å². The van der Waals surface area contributed by atoms with E-state index in [0.29, 0.717) is 17.1 Å². The molecule has 0 unspecified atom stereocenters. The van der Waals surface area contributed by atoms with Gasteiger partial charge in [0.2, 0.25) is 0 Å². The number of aliphatic imine (C=N–C) groups is 1. The van der Waals surface area contributed by atoms with E-state index in [1.54, 1.807) is 0 Å². The van der Waals surface area contributed by atoms with Gasteiger partial charge in [-0.25, -0.2) is 4.99 Å². The van der Waals surface area contributed by atoms with Crippen molar-refractivity contribution in [3.63, 3.8) is 0 Å². The number of benzene rings is 1. The summed E-state index contributed by atoms with van der Waals surface area (Å²) >= 11 is 5.32. The van der Waals surface area contributed by atoms with E-state index in [-0.39, 0.29) is 0 Å². The number of nitrogens with one attached hydrogen (secondary N) is 2. The largest absolute Gasteiger partial charge is 0.370 e. The number of nitrogens with zero attached hydrogens (tertiary/aromatic N) is 1. The second kappa shape index (κ2) is 6.70. The first-order chi connectivity index (χ1) is 9.63. The van der Waals surface area contributed by atoms with Crippen LogP contribution in [0.25, 0.3) is 0 Å². The van der Waals surface area contributed by atoms with E-state index in [1.807, 2.05) is 0 Å². The molecule has 1 aliphatic rings. The molecular formula is C15H22N4S. The van der Waals surface area contributed by atoms with Crippen molar-refractivity contribution >= 4 is 29.0 Å². The summed E-state index contributed by atoms with van der Waals surface area (Å²) in [7, 11) is 0. The molecule has 1 aliphatic carbocycles. The molecule has 0 heterocycles. The summed E-state index contributed by atoms with van der Waals surface area (Å²) in [4.78, 5) is 4.31. The zero-order valence-corrected chi connectivity index (χ0v) is 12.9. The van der Waals surface area contributed by atoms with Crippen molar-refractivity contribution in [2.75, 3.05) is 5.32 Å². The number of guanidine groups is 1. The molecule has 1 saturated carbocycles. The van der Waals surface area contributed by atoms with Gasteiger partial charge in [-0.15, -0.1) is 0 Å². The molecule has 108 valence electrons. The fraction of sp³-hybridized carbons (Fsp3) is 0.467. The molecule has 4 nitrogen and oxygen atoms in total. The van der Waals surface area contributed by atoms with Crippen LogP contribution >= 0.6 is 12.2 Å². The van der Waals surface area contributed by atoms with Crippen LogP contribution in [0.3, 0.4) is 0 Å². The number of para-hydroxylation sites is 1. The Morgan fingerprint density at radius 3 is 2.40 bits per heavy atom. The smallest absolute Gasteiger partial charge is 0.195 e. The summed E-state index contributed by atoms with van der Waals surface area (Å²) in [6, 6.07) is 6.71. The minimum atomic E-state index is 0.388. The Balaban J connectivity index is 2.06. The first-order valence-electron chi connectivity index (χ1n) is 7.16. The molecule has 1 fully saturated rings. The first kappa shape index (κ1) is 14.8. The third kappa shape index (κ3) is 3.93. The Bertz CT molecular complexity index is 498. The van der Waals surface area contributed by atoms with Crippen LogP contribution in [0.5, 0.6) is 0 Å². The molecule has 0 radical (unpaired) electrons. The van der Waals surface area contributed by atoms with Gasteiger partial charge in [-0.1, -0.05) is 32.0 Å². The molecule has 0 saturated heterocycles. The van der Waals surface area contributed by atoms with Gasteiger partial charge in [-0.2, -0.15) is 0 Å².